The molecule has 1 heterocycles. The number of benzene rings is 1. The molecule has 0 atom stereocenters. The molecule has 0 unspecified atom stereocenters. The standard InChI is InChI=1S/C12H12FN3OS/c1-18-12-5-11(15-7-16-12)17-10-4-2-3-9(13)8(10)6-14/h2-5,7H,6,14H2,1H3. The van der Waals surface area contributed by atoms with Gasteiger partial charge in [0.1, 0.15) is 22.9 Å². The summed E-state index contributed by atoms with van der Waals surface area (Å²) in [6.07, 6.45) is 3.31. The van der Waals surface area contributed by atoms with E-state index < -0.39 is 0 Å². The summed E-state index contributed by atoms with van der Waals surface area (Å²) in [4.78, 5) is 8.01. The number of halogens is 1. The lowest BCUT2D eigenvalue weighted by atomic mass is 10.2. The molecule has 1 aromatic carbocycles. The van der Waals surface area contributed by atoms with E-state index in [0.717, 1.165) is 5.03 Å². The summed E-state index contributed by atoms with van der Waals surface area (Å²) in [6.45, 7) is 0.0719. The minimum atomic E-state index is -0.380. The predicted octanol–water partition coefficient (Wildman–Crippen LogP) is 2.59. The molecule has 0 spiro atoms. The van der Waals surface area contributed by atoms with Gasteiger partial charge in [-0.05, 0) is 18.4 Å². The molecule has 0 aliphatic rings. The third kappa shape index (κ3) is 2.77. The second-order valence-electron chi connectivity index (χ2n) is 3.42. The van der Waals surface area contributed by atoms with E-state index in [1.807, 2.05) is 6.26 Å². The van der Waals surface area contributed by atoms with Gasteiger partial charge in [0, 0.05) is 18.2 Å². The molecule has 0 aliphatic carbocycles. The van der Waals surface area contributed by atoms with E-state index in [-0.39, 0.29) is 12.4 Å². The fourth-order valence-electron chi connectivity index (χ4n) is 1.44. The van der Waals surface area contributed by atoms with Crippen LogP contribution in [0.5, 0.6) is 11.6 Å². The van der Waals surface area contributed by atoms with E-state index in [9.17, 15) is 4.39 Å². The van der Waals surface area contributed by atoms with Crippen LogP contribution >= 0.6 is 11.8 Å². The number of rotatable bonds is 4. The lowest BCUT2D eigenvalue weighted by Crippen LogP contribution is -2.03. The van der Waals surface area contributed by atoms with Crippen LogP contribution in [0, 0.1) is 5.82 Å². The minimum Gasteiger partial charge on any atom is -0.438 e. The Morgan fingerprint density at radius 1 is 1.39 bits per heavy atom. The zero-order valence-corrected chi connectivity index (χ0v) is 10.6. The highest BCUT2D eigenvalue weighted by Gasteiger charge is 2.09. The number of nitrogens with zero attached hydrogens (tertiary/aromatic N) is 2. The van der Waals surface area contributed by atoms with Gasteiger partial charge in [0.15, 0.2) is 0 Å². The fourth-order valence-corrected chi connectivity index (χ4v) is 1.81. The maximum atomic E-state index is 13.5. The number of nitrogens with two attached hydrogens (primary N) is 1. The number of hydrogen-bond donors (Lipinski definition) is 1. The van der Waals surface area contributed by atoms with E-state index in [4.69, 9.17) is 10.5 Å². The first-order chi connectivity index (χ1) is 8.74. The van der Waals surface area contributed by atoms with Crippen LogP contribution in [-0.2, 0) is 6.54 Å². The largest absolute Gasteiger partial charge is 0.438 e. The van der Waals surface area contributed by atoms with Crippen molar-refractivity contribution in [1.29, 1.82) is 0 Å². The highest BCUT2D eigenvalue weighted by Crippen LogP contribution is 2.26. The van der Waals surface area contributed by atoms with Gasteiger partial charge in [-0.2, -0.15) is 0 Å². The second kappa shape index (κ2) is 5.79. The summed E-state index contributed by atoms with van der Waals surface area (Å²) < 4.78 is 19.0. The van der Waals surface area contributed by atoms with Crippen molar-refractivity contribution in [3.8, 4) is 11.6 Å². The summed E-state index contributed by atoms with van der Waals surface area (Å²) in [5.74, 6) is 0.368. The Balaban J connectivity index is 2.30. The van der Waals surface area contributed by atoms with Gasteiger partial charge in [0.2, 0.25) is 5.88 Å². The molecule has 1 aromatic heterocycles. The van der Waals surface area contributed by atoms with Crippen LogP contribution in [0.2, 0.25) is 0 Å². The molecule has 0 radical (unpaired) electrons. The molecule has 0 fully saturated rings. The molecular weight excluding hydrogens is 253 g/mol. The van der Waals surface area contributed by atoms with E-state index in [1.165, 1.54) is 24.2 Å². The summed E-state index contributed by atoms with van der Waals surface area (Å²) in [7, 11) is 0. The van der Waals surface area contributed by atoms with Crippen LogP contribution in [0.25, 0.3) is 0 Å². The SMILES string of the molecule is CSc1cc(Oc2cccc(F)c2CN)ncn1. The molecule has 0 bridgehead atoms. The zero-order valence-electron chi connectivity index (χ0n) is 9.76. The molecule has 94 valence electrons. The summed E-state index contributed by atoms with van der Waals surface area (Å²) in [5.41, 5.74) is 5.84. The zero-order chi connectivity index (χ0) is 13.0. The number of aromatic nitrogens is 2. The Labute approximate surface area is 108 Å². The third-order valence-electron chi connectivity index (χ3n) is 2.32. The van der Waals surface area contributed by atoms with Crippen molar-refractivity contribution < 1.29 is 9.13 Å². The Hall–Kier alpha value is -1.66. The van der Waals surface area contributed by atoms with Crippen molar-refractivity contribution in [2.24, 2.45) is 5.73 Å². The normalized spacial score (nSPS) is 10.4. The molecule has 2 N–H and O–H groups in total. The average molecular weight is 265 g/mol. The first kappa shape index (κ1) is 12.8. The average Bonchev–Trinajstić information content (AvgIpc) is 2.39. The first-order valence-electron chi connectivity index (χ1n) is 5.26. The first-order valence-corrected chi connectivity index (χ1v) is 6.48. The van der Waals surface area contributed by atoms with Gasteiger partial charge in [-0.15, -0.1) is 11.8 Å². The predicted molar refractivity (Wildman–Crippen MR) is 68.2 cm³/mol. The Morgan fingerprint density at radius 2 is 2.22 bits per heavy atom. The van der Waals surface area contributed by atoms with Gasteiger partial charge >= 0.3 is 0 Å². The van der Waals surface area contributed by atoms with Crippen molar-refractivity contribution in [2.45, 2.75) is 11.6 Å². The molecule has 6 heteroatoms. The molecule has 0 saturated heterocycles. The highest BCUT2D eigenvalue weighted by atomic mass is 32.2. The van der Waals surface area contributed by atoms with E-state index >= 15 is 0 Å². The van der Waals surface area contributed by atoms with Crippen LogP contribution in [-0.4, -0.2) is 16.2 Å². The Bertz CT molecular complexity index is 551. The van der Waals surface area contributed by atoms with Gasteiger partial charge < -0.3 is 10.5 Å². The number of thioether (sulfide) groups is 1. The van der Waals surface area contributed by atoms with Crippen molar-refractivity contribution in [3.63, 3.8) is 0 Å². The summed E-state index contributed by atoms with van der Waals surface area (Å²) in [5, 5.41) is 0.783. The molecule has 0 amide bonds. The van der Waals surface area contributed by atoms with Gasteiger partial charge in [0.05, 0.1) is 0 Å². The molecule has 0 saturated carbocycles. The topological polar surface area (TPSA) is 61.0 Å². The van der Waals surface area contributed by atoms with Crippen molar-refractivity contribution in [1.82, 2.24) is 9.97 Å². The van der Waals surface area contributed by atoms with Crippen LogP contribution in [0.4, 0.5) is 4.39 Å². The summed E-state index contributed by atoms with van der Waals surface area (Å²) >= 11 is 1.48. The maximum Gasteiger partial charge on any atom is 0.223 e. The quantitative estimate of drug-likeness (QED) is 0.680. The van der Waals surface area contributed by atoms with Crippen LogP contribution in [0.3, 0.4) is 0 Å². The number of ether oxygens (including phenoxy) is 1. The monoisotopic (exact) mass is 265 g/mol. The molecule has 2 rings (SSSR count). The molecule has 2 aromatic rings. The minimum absolute atomic E-state index is 0.0719. The second-order valence-corrected chi connectivity index (χ2v) is 4.25. The summed E-state index contributed by atoms with van der Waals surface area (Å²) in [6, 6.07) is 6.27. The van der Waals surface area contributed by atoms with E-state index in [1.54, 1.807) is 18.2 Å². The van der Waals surface area contributed by atoms with Crippen LogP contribution in [0.1, 0.15) is 5.56 Å². The fraction of sp³-hybridized carbons (Fsp3) is 0.167. The van der Waals surface area contributed by atoms with Crippen LogP contribution < -0.4 is 10.5 Å². The van der Waals surface area contributed by atoms with Crippen molar-refractivity contribution in [3.05, 3.63) is 42.0 Å². The van der Waals surface area contributed by atoms with Gasteiger partial charge in [-0.25, -0.2) is 14.4 Å². The van der Waals surface area contributed by atoms with Gasteiger partial charge in [0.25, 0.3) is 0 Å². The van der Waals surface area contributed by atoms with Crippen molar-refractivity contribution >= 4 is 11.8 Å². The lowest BCUT2D eigenvalue weighted by Gasteiger charge is -2.09. The third-order valence-corrected chi connectivity index (χ3v) is 2.96. The number of hydrogen-bond acceptors (Lipinski definition) is 5. The van der Waals surface area contributed by atoms with Crippen LogP contribution in [0.15, 0.2) is 35.6 Å². The smallest absolute Gasteiger partial charge is 0.223 e. The lowest BCUT2D eigenvalue weighted by molar-refractivity contribution is 0.446. The Kier molecular flexibility index (Phi) is 4.11. The molecule has 18 heavy (non-hydrogen) atoms. The Morgan fingerprint density at radius 3 is 2.94 bits per heavy atom. The highest BCUT2D eigenvalue weighted by molar-refractivity contribution is 7.98. The van der Waals surface area contributed by atoms with E-state index in [2.05, 4.69) is 9.97 Å². The molecule has 4 nitrogen and oxygen atoms in total. The van der Waals surface area contributed by atoms with Gasteiger partial charge in [-0.1, -0.05) is 6.07 Å². The van der Waals surface area contributed by atoms with Gasteiger partial charge in [-0.3, -0.25) is 0 Å². The van der Waals surface area contributed by atoms with E-state index in [0.29, 0.717) is 17.2 Å². The molecular formula is C12H12FN3OS. The maximum absolute atomic E-state index is 13.5. The molecule has 0 aliphatic heterocycles. The van der Waals surface area contributed by atoms with Crippen molar-refractivity contribution in [2.75, 3.05) is 6.26 Å².